The van der Waals surface area contributed by atoms with Gasteiger partial charge in [-0.2, -0.15) is 0 Å². The number of amides is 1. The lowest BCUT2D eigenvalue weighted by atomic mass is 9.78. The lowest BCUT2D eigenvalue weighted by molar-refractivity contribution is -0.137. The van der Waals surface area contributed by atoms with E-state index < -0.39 is 0 Å². The summed E-state index contributed by atoms with van der Waals surface area (Å²) in [5.41, 5.74) is 5.46. The summed E-state index contributed by atoms with van der Waals surface area (Å²) < 4.78 is 0. The number of carbonyl (C=O) groups is 1. The Balaban J connectivity index is 0.00000128. The van der Waals surface area contributed by atoms with E-state index in [9.17, 15) is 4.79 Å². The van der Waals surface area contributed by atoms with Gasteiger partial charge in [0.15, 0.2) is 0 Å². The normalized spacial score (nSPS) is 29.2. The van der Waals surface area contributed by atoms with Crippen LogP contribution in [0.4, 0.5) is 0 Å². The molecule has 3 nitrogen and oxygen atoms in total. The summed E-state index contributed by atoms with van der Waals surface area (Å²) in [4.78, 5) is 14.0. The molecule has 2 N–H and O–H groups in total. The molecule has 0 unspecified atom stereocenters. The van der Waals surface area contributed by atoms with Crippen LogP contribution in [0.2, 0.25) is 0 Å². The van der Waals surface area contributed by atoms with Gasteiger partial charge in [0, 0.05) is 25.6 Å². The third-order valence-electron chi connectivity index (χ3n) is 3.92. The first-order valence-corrected chi connectivity index (χ1v) is 6.32. The molecule has 1 amide bonds. The maximum atomic E-state index is 11.9. The zero-order valence-corrected chi connectivity index (χ0v) is 10.7. The molecular formula is C12H23ClN2O. The monoisotopic (exact) mass is 246 g/mol. The van der Waals surface area contributed by atoms with E-state index in [1.165, 1.54) is 38.5 Å². The standard InChI is InChI=1S/C12H22N2O.ClH/c13-8-7-12(15)14-9-3-5-10-4-1-2-6-11(10)14;/h10-11H,1-9,13H2;1H/t10-,11-;/m1./s1. The predicted octanol–water partition coefficient (Wildman–Crippen LogP) is 1.94. The summed E-state index contributed by atoms with van der Waals surface area (Å²) in [5.74, 6) is 1.07. The Morgan fingerprint density at radius 1 is 1.19 bits per heavy atom. The van der Waals surface area contributed by atoms with Crippen molar-refractivity contribution in [3.05, 3.63) is 0 Å². The van der Waals surface area contributed by atoms with Gasteiger partial charge in [0.05, 0.1) is 0 Å². The Bertz CT molecular complexity index is 233. The van der Waals surface area contributed by atoms with Crippen LogP contribution in [0, 0.1) is 5.92 Å². The van der Waals surface area contributed by atoms with Gasteiger partial charge in [-0.1, -0.05) is 12.8 Å². The summed E-state index contributed by atoms with van der Waals surface area (Å²) in [6, 6.07) is 0.548. The number of hydrogen-bond donors (Lipinski definition) is 1. The molecule has 1 heterocycles. The number of piperidine rings is 1. The summed E-state index contributed by atoms with van der Waals surface area (Å²) in [5, 5.41) is 0. The first kappa shape index (κ1) is 13.8. The van der Waals surface area contributed by atoms with Gasteiger partial charge in [-0.25, -0.2) is 0 Å². The number of hydrogen-bond acceptors (Lipinski definition) is 2. The number of likely N-dealkylation sites (tertiary alicyclic amines) is 1. The molecule has 2 aliphatic rings. The Kier molecular flexibility index (Phi) is 5.56. The minimum atomic E-state index is 0. The molecule has 94 valence electrons. The maximum absolute atomic E-state index is 11.9. The van der Waals surface area contributed by atoms with Gasteiger partial charge in [0.1, 0.15) is 0 Å². The van der Waals surface area contributed by atoms with Gasteiger partial charge in [-0.3, -0.25) is 4.79 Å². The van der Waals surface area contributed by atoms with Gasteiger partial charge in [-0.15, -0.1) is 12.4 Å². The van der Waals surface area contributed by atoms with E-state index in [1.54, 1.807) is 0 Å². The van der Waals surface area contributed by atoms with Crippen LogP contribution in [-0.4, -0.2) is 29.9 Å². The van der Waals surface area contributed by atoms with Gasteiger partial charge in [0.25, 0.3) is 0 Å². The van der Waals surface area contributed by atoms with Crippen molar-refractivity contribution in [1.82, 2.24) is 4.90 Å². The minimum absolute atomic E-state index is 0. The second-order valence-corrected chi connectivity index (χ2v) is 4.88. The zero-order valence-electron chi connectivity index (χ0n) is 9.86. The van der Waals surface area contributed by atoms with E-state index in [2.05, 4.69) is 4.90 Å². The summed E-state index contributed by atoms with van der Waals surface area (Å²) in [6.45, 7) is 1.46. The Labute approximate surface area is 104 Å². The molecule has 16 heavy (non-hydrogen) atoms. The topological polar surface area (TPSA) is 46.3 Å². The average molecular weight is 247 g/mol. The first-order valence-electron chi connectivity index (χ1n) is 6.32. The molecule has 1 saturated heterocycles. The first-order chi connectivity index (χ1) is 7.33. The highest BCUT2D eigenvalue weighted by Crippen LogP contribution is 2.35. The van der Waals surface area contributed by atoms with Gasteiger partial charge >= 0.3 is 0 Å². The van der Waals surface area contributed by atoms with Crippen LogP contribution >= 0.6 is 12.4 Å². The second kappa shape index (κ2) is 6.45. The number of nitrogens with two attached hydrogens (primary N) is 1. The zero-order chi connectivity index (χ0) is 10.7. The van der Waals surface area contributed by atoms with Crippen LogP contribution in [0.3, 0.4) is 0 Å². The molecular weight excluding hydrogens is 224 g/mol. The van der Waals surface area contributed by atoms with E-state index in [4.69, 9.17) is 5.73 Å². The van der Waals surface area contributed by atoms with Crippen LogP contribution in [0.1, 0.15) is 44.9 Å². The largest absolute Gasteiger partial charge is 0.339 e. The molecule has 1 aliphatic heterocycles. The molecule has 0 radical (unpaired) electrons. The molecule has 1 aliphatic carbocycles. The lowest BCUT2D eigenvalue weighted by Gasteiger charge is -2.44. The van der Waals surface area contributed by atoms with E-state index in [0.717, 1.165) is 12.5 Å². The van der Waals surface area contributed by atoms with Crippen molar-refractivity contribution >= 4 is 18.3 Å². The number of halogens is 1. The Hall–Kier alpha value is -0.280. The lowest BCUT2D eigenvalue weighted by Crippen LogP contribution is -2.50. The van der Waals surface area contributed by atoms with E-state index in [0.29, 0.717) is 19.0 Å². The van der Waals surface area contributed by atoms with Crippen LogP contribution in [0.15, 0.2) is 0 Å². The highest BCUT2D eigenvalue weighted by molar-refractivity contribution is 5.85. The number of rotatable bonds is 2. The number of nitrogens with zero attached hydrogens (tertiary/aromatic N) is 1. The molecule has 2 atom stereocenters. The fourth-order valence-corrected chi connectivity index (χ4v) is 3.20. The molecule has 1 saturated carbocycles. The van der Waals surface area contributed by atoms with E-state index >= 15 is 0 Å². The molecule has 0 aromatic heterocycles. The van der Waals surface area contributed by atoms with Gasteiger partial charge in [-0.05, 0) is 31.6 Å². The van der Waals surface area contributed by atoms with Crippen molar-refractivity contribution < 1.29 is 4.79 Å². The smallest absolute Gasteiger partial charge is 0.224 e. The molecule has 2 rings (SSSR count). The maximum Gasteiger partial charge on any atom is 0.224 e. The van der Waals surface area contributed by atoms with Crippen LogP contribution in [0.5, 0.6) is 0 Å². The van der Waals surface area contributed by atoms with Crippen molar-refractivity contribution in [2.24, 2.45) is 11.7 Å². The van der Waals surface area contributed by atoms with Crippen molar-refractivity contribution in [2.45, 2.75) is 51.0 Å². The summed E-state index contributed by atoms with van der Waals surface area (Å²) in [7, 11) is 0. The Morgan fingerprint density at radius 3 is 2.62 bits per heavy atom. The molecule has 2 fully saturated rings. The molecule has 0 bridgehead atoms. The quantitative estimate of drug-likeness (QED) is 0.810. The average Bonchev–Trinajstić information content (AvgIpc) is 2.28. The number of fused-ring (bicyclic) bond motifs is 1. The van der Waals surface area contributed by atoms with Crippen molar-refractivity contribution in [1.29, 1.82) is 0 Å². The molecule has 0 aromatic carbocycles. The van der Waals surface area contributed by atoms with E-state index in [1.807, 2.05) is 0 Å². The van der Waals surface area contributed by atoms with Gasteiger partial charge < -0.3 is 10.6 Å². The van der Waals surface area contributed by atoms with Crippen LogP contribution in [0.25, 0.3) is 0 Å². The van der Waals surface area contributed by atoms with Crippen LogP contribution < -0.4 is 5.73 Å². The van der Waals surface area contributed by atoms with E-state index in [-0.39, 0.29) is 18.3 Å². The fourth-order valence-electron chi connectivity index (χ4n) is 3.20. The predicted molar refractivity (Wildman–Crippen MR) is 67.6 cm³/mol. The number of carbonyl (C=O) groups excluding carboxylic acids is 1. The van der Waals surface area contributed by atoms with Crippen molar-refractivity contribution in [3.63, 3.8) is 0 Å². The summed E-state index contributed by atoms with van der Waals surface area (Å²) >= 11 is 0. The summed E-state index contributed by atoms with van der Waals surface area (Å²) in [6.07, 6.45) is 8.27. The molecule has 4 heteroatoms. The van der Waals surface area contributed by atoms with Crippen molar-refractivity contribution in [2.75, 3.05) is 13.1 Å². The minimum Gasteiger partial charge on any atom is -0.339 e. The highest BCUT2D eigenvalue weighted by Gasteiger charge is 2.34. The third-order valence-corrected chi connectivity index (χ3v) is 3.92. The SMILES string of the molecule is Cl.NCCC(=O)N1CCC[C@H]2CCCC[C@H]21. The molecule has 0 spiro atoms. The van der Waals surface area contributed by atoms with Crippen molar-refractivity contribution in [3.8, 4) is 0 Å². The fraction of sp³-hybridized carbons (Fsp3) is 0.917. The molecule has 0 aromatic rings. The third kappa shape index (κ3) is 2.89. The van der Waals surface area contributed by atoms with Gasteiger partial charge in [0.2, 0.25) is 5.91 Å². The van der Waals surface area contributed by atoms with Crippen LogP contribution in [-0.2, 0) is 4.79 Å². The highest BCUT2D eigenvalue weighted by atomic mass is 35.5. The second-order valence-electron chi connectivity index (χ2n) is 4.88. The Morgan fingerprint density at radius 2 is 1.88 bits per heavy atom.